The van der Waals surface area contributed by atoms with Crippen LogP contribution in [0.4, 0.5) is 0 Å². The Morgan fingerprint density at radius 2 is 1.85 bits per heavy atom. The second-order valence-electron chi connectivity index (χ2n) is 6.92. The number of likely N-dealkylation sites (N-methyl/N-ethyl adjacent to an activating group) is 1. The Morgan fingerprint density at radius 3 is 2.42 bits per heavy atom. The van der Waals surface area contributed by atoms with Crippen LogP contribution in [0.15, 0.2) is 21.6 Å². The van der Waals surface area contributed by atoms with E-state index in [1.54, 1.807) is 10.4 Å². The van der Waals surface area contributed by atoms with E-state index in [0.717, 1.165) is 45.6 Å². The van der Waals surface area contributed by atoms with Crippen molar-refractivity contribution in [2.24, 2.45) is 0 Å². The zero-order valence-corrected chi connectivity index (χ0v) is 17.8. The Bertz CT molecular complexity index is 715. The summed E-state index contributed by atoms with van der Waals surface area (Å²) in [5, 5.41) is 0. The van der Waals surface area contributed by atoms with Crippen LogP contribution in [0.3, 0.4) is 0 Å². The van der Waals surface area contributed by atoms with E-state index in [4.69, 9.17) is 4.74 Å². The quantitative estimate of drug-likeness (QED) is 0.684. The molecule has 0 saturated carbocycles. The van der Waals surface area contributed by atoms with Crippen molar-refractivity contribution in [3.8, 4) is 5.88 Å². The van der Waals surface area contributed by atoms with E-state index in [2.05, 4.69) is 44.7 Å². The molecule has 0 radical (unpaired) electrons. The van der Waals surface area contributed by atoms with Gasteiger partial charge in [-0.25, -0.2) is 13.4 Å². The molecular formula is C17H27BrN4O3S. The molecule has 2 fully saturated rings. The molecule has 0 aliphatic carbocycles. The van der Waals surface area contributed by atoms with E-state index in [9.17, 15) is 8.42 Å². The summed E-state index contributed by atoms with van der Waals surface area (Å²) < 4.78 is 33.9. The number of nitrogens with zero attached hydrogens (tertiary/aromatic N) is 4. The van der Waals surface area contributed by atoms with Crippen molar-refractivity contribution in [2.75, 3.05) is 52.9 Å². The lowest BCUT2D eigenvalue weighted by Gasteiger charge is -2.33. The van der Waals surface area contributed by atoms with E-state index in [0.29, 0.717) is 23.4 Å². The average molecular weight is 447 g/mol. The van der Waals surface area contributed by atoms with Gasteiger partial charge in [-0.15, -0.1) is 0 Å². The van der Waals surface area contributed by atoms with Crippen LogP contribution < -0.4 is 4.74 Å². The molecular weight excluding hydrogens is 420 g/mol. The van der Waals surface area contributed by atoms with Crippen molar-refractivity contribution in [1.82, 2.24) is 19.1 Å². The lowest BCUT2D eigenvalue weighted by Crippen LogP contribution is -2.48. The Labute approximate surface area is 164 Å². The number of likely N-dealkylation sites (tertiary alicyclic amines) is 1. The molecule has 0 aromatic carbocycles. The fourth-order valence-corrected chi connectivity index (χ4v) is 5.32. The highest BCUT2D eigenvalue weighted by molar-refractivity contribution is 9.10. The third-order valence-corrected chi connectivity index (χ3v) is 7.57. The maximum absolute atomic E-state index is 12.9. The predicted molar refractivity (Wildman–Crippen MR) is 104 cm³/mol. The molecule has 3 rings (SSSR count). The summed E-state index contributed by atoms with van der Waals surface area (Å²) in [7, 11) is -1.42. The number of piperidine rings is 1. The zero-order chi connectivity index (χ0) is 18.7. The molecule has 146 valence electrons. The second-order valence-corrected chi connectivity index (χ2v) is 9.71. The number of halogens is 1. The first kappa shape index (κ1) is 20.0. The van der Waals surface area contributed by atoms with Crippen LogP contribution in [0.1, 0.15) is 19.8 Å². The molecule has 7 nitrogen and oxygen atoms in total. The minimum atomic E-state index is -3.52. The van der Waals surface area contributed by atoms with Gasteiger partial charge in [0.25, 0.3) is 0 Å². The molecule has 2 saturated heterocycles. The minimum absolute atomic E-state index is 0.125. The van der Waals surface area contributed by atoms with Crippen LogP contribution >= 0.6 is 15.9 Å². The van der Waals surface area contributed by atoms with Gasteiger partial charge < -0.3 is 14.5 Å². The number of pyridine rings is 1. The summed E-state index contributed by atoms with van der Waals surface area (Å²) in [6.07, 6.45) is 3.44. The molecule has 2 aliphatic heterocycles. The molecule has 0 unspecified atom stereocenters. The Morgan fingerprint density at radius 1 is 1.19 bits per heavy atom. The van der Waals surface area contributed by atoms with Gasteiger partial charge in [0, 0.05) is 39.3 Å². The van der Waals surface area contributed by atoms with Crippen LogP contribution in [0, 0.1) is 0 Å². The normalized spacial score (nSPS) is 21.8. The van der Waals surface area contributed by atoms with Crippen LogP contribution in [0.25, 0.3) is 0 Å². The number of sulfonamides is 1. The SMILES string of the molecule is CCN1CCN(S(=O)(=O)c2cnc(OC3CCN(C)CC3)c(Br)c2)CC1. The molecule has 0 amide bonds. The molecule has 3 heterocycles. The van der Waals surface area contributed by atoms with Gasteiger partial charge in [-0.2, -0.15) is 4.31 Å². The number of rotatable bonds is 5. The van der Waals surface area contributed by atoms with E-state index in [-0.39, 0.29) is 11.0 Å². The summed E-state index contributed by atoms with van der Waals surface area (Å²) in [5.41, 5.74) is 0. The van der Waals surface area contributed by atoms with Gasteiger partial charge in [0.2, 0.25) is 15.9 Å². The van der Waals surface area contributed by atoms with Crippen LogP contribution in [-0.4, -0.2) is 86.5 Å². The standard InChI is InChI=1S/C17H27BrN4O3S/c1-3-21-8-10-22(11-9-21)26(23,24)15-12-16(18)17(19-13-15)25-14-4-6-20(2)7-5-14/h12-14H,3-11H2,1-2H3. The van der Waals surface area contributed by atoms with Gasteiger partial charge in [-0.3, -0.25) is 0 Å². The van der Waals surface area contributed by atoms with E-state index in [1.165, 1.54) is 6.20 Å². The molecule has 0 atom stereocenters. The molecule has 9 heteroatoms. The number of hydrogen-bond donors (Lipinski definition) is 0. The second kappa shape index (κ2) is 8.52. The van der Waals surface area contributed by atoms with Gasteiger partial charge in [0.15, 0.2) is 0 Å². The Balaban J connectivity index is 1.68. The highest BCUT2D eigenvalue weighted by atomic mass is 79.9. The maximum atomic E-state index is 12.9. The first-order chi connectivity index (χ1) is 12.4. The number of piperazine rings is 1. The van der Waals surface area contributed by atoms with Crippen molar-refractivity contribution in [2.45, 2.75) is 30.8 Å². The third-order valence-electron chi connectivity index (χ3n) is 5.14. The summed E-state index contributed by atoms with van der Waals surface area (Å²) in [6, 6.07) is 1.61. The van der Waals surface area contributed by atoms with Gasteiger partial charge in [-0.1, -0.05) is 6.92 Å². The lowest BCUT2D eigenvalue weighted by molar-refractivity contribution is 0.109. The van der Waals surface area contributed by atoms with Crippen LogP contribution in [0.2, 0.25) is 0 Å². The topological polar surface area (TPSA) is 66.0 Å². The first-order valence-electron chi connectivity index (χ1n) is 9.13. The van der Waals surface area contributed by atoms with E-state index < -0.39 is 10.0 Å². The van der Waals surface area contributed by atoms with Crippen molar-refractivity contribution < 1.29 is 13.2 Å². The molecule has 0 bridgehead atoms. The lowest BCUT2D eigenvalue weighted by atomic mass is 10.1. The monoisotopic (exact) mass is 446 g/mol. The van der Waals surface area contributed by atoms with Crippen molar-refractivity contribution in [1.29, 1.82) is 0 Å². The highest BCUT2D eigenvalue weighted by Gasteiger charge is 2.29. The number of ether oxygens (including phenoxy) is 1. The van der Waals surface area contributed by atoms with Crippen molar-refractivity contribution >= 4 is 26.0 Å². The molecule has 1 aromatic heterocycles. The van der Waals surface area contributed by atoms with E-state index >= 15 is 0 Å². The minimum Gasteiger partial charge on any atom is -0.473 e. The zero-order valence-electron chi connectivity index (χ0n) is 15.4. The largest absolute Gasteiger partial charge is 0.473 e. The van der Waals surface area contributed by atoms with Crippen molar-refractivity contribution in [3.63, 3.8) is 0 Å². The summed E-state index contributed by atoms with van der Waals surface area (Å²) in [6.45, 7) is 7.60. The Hall–Kier alpha value is -0.740. The molecule has 26 heavy (non-hydrogen) atoms. The van der Waals surface area contributed by atoms with Gasteiger partial charge in [-0.05, 0) is 48.4 Å². The van der Waals surface area contributed by atoms with Gasteiger partial charge in [0.1, 0.15) is 11.0 Å². The molecule has 2 aliphatic rings. The molecule has 0 spiro atoms. The fraction of sp³-hybridized carbons (Fsp3) is 0.706. The van der Waals surface area contributed by atoms with Crippen molar-refractivity contribution in [3.05, 3.63) is 16.7 Å². The average Bonchev–Trinajstić information content (AvgIpc) is 2.65. The summed E-state index contributed by atoms with van der Waals surface area (Å²) in [5.74, 6) is 0.467. The number of hydrogen-bond acceptors (Lipinski definition) is 6. The third kappa shape index (κ3) is 4.56. The summed E-state index contributed by atoms with van der Waals surface area (Å²) in [4.78, 5) is 9.02. The van der Waals surface area contributed by atoms with Gasteiger partial charge >= 0.3 is 0 Å². The Kier molecular flexibility index (Phi) is 6.55. The fourth-order valence-electron chi connectivity index (χ4n) is 3.33. The highest BCUT2D eigenvalue weighted by Crippen LogP contribution is 2.29. The van der Waals surface area contributed by atoms with Gasteiger partial charge in [0.05, 0.1) is 10.7 Å². The van der Waals surface area contributed by atoms with Crippen LogP contribution in [0.5, 0.6) is 5.88 Å². The molecule has 0 N–H and O–H groups in total. The maximum Gasteiger partial charge on any atom is 0.244 e. The van der Waals surface area contributed by atoms with E-state index in [1.807, 2.05) is 0 Å². The van der Waals surface area contributed by atoms with Crippen LogP contribution in [-0.2, 0) is 10.0 Å². The number of aromatic nitrogens is 1. The predicted octanol–water partition coefficient (Wildman–Crippen LogP) is 1.64. The first-order valence-corrected chi connectivity index (χ1v) is 11.4. The summed E-state index contributed by atoms with van der Waals surface area (Å²) >= 11 is 3.43. The smallest absolute Gasteiger partial charge is 0.244 e. The molecule has 1 aromatic rings.